The lowest BCUT2D eigenvalue weighted by atomic mass is 10.4. The molecule has 0 aliphatic carbocycles. The summed E-state index contributed by atoms with van der Waals surface area (Å²) >= 11 is 11.1. The predicted octanol–water partition coefficient (Wildman–Crippen LogP) is 4.65. The van der Waals surface area contributed by atoms with Crippen LogP contribution >= 0.6 is 39.3 Å². The Morgan fingerprint density at radius 3 is 2.67 bits per heavy atom. The lowest BCUT2D eigenvalue weighted by Gasteiger charge is -2.04. The first kappa shape index (κ1) is 11.0. The van der Waals surface area contributed by atoms with E-state index in [1.165, 1.54) is 0 Å². The van der Waals surface area contributed by atoms with Crippen molar-refractivity contribution in [2.24, 2.45) is 0 Å². The zero-order valence-electron chi connectivity index (χ0n) is 7.65. The Kier molecular flexibility index (Phi) is 3.67. The SMILES string of the molecule is Clc1ccccc1Sc1ccncc1Br. The molecule has 0 N–H and O–H groups in total. The topological polar surface area (TPSA) is 12.9 Å². The summed E-state index contributed by atoms with van der Waals surface area (Å²) in [7, 11) is 0. The van der Waals surface area contributed by atoms with E-state index in [4.69, 9.17) is 11.6 Å². The second kappa shape index (κ2) is 5.01. The number of pyridine rings is 1. The number of benzene rings is 1. The highest BCUT2D eigenvalue weighted by molar-refractivity contribution is 9.10. The molecule has 1 heterocycles. The van der Waals surface area contributed by atoms with E-state index in [0.29, 0.717) is 0 Å². The molecule has 1 nitrogen and oxygen atoms in total. The summed E-state index contributed by atoms with van der Waals surface area (Å²) in [6, 6.07) is 9.74. The van der Waals surface area contributed by atoms with E-state index in [-0.39, 0.29) is 0 Å². The van der Waals surface area contributed by atoms with Gasteiger partial charge < -0.3 is 0 Å². The van der Waals surface area contributed by atoms with Crippen molar-refractivity contribution in [3.05, 3.63) is 52.2 Å². The van der Waals surface area contributed by atoms with E-state index >= 15 is 0 Å². The standard InChI is InChI=1S/C11H7BrClNS/c12-8-7-14-6-5-10(8)15-11-4-2-1-3-9(11)13/h1-7H. The van der Waals surface area contributed by atoms with Gasteiger partial charge in [0.1, 0.15) is 0 Å². The molecule has 1 aromatic heterocycles. The molecule has 15 heavy (non-hydrogen) atoms. The summed E-state index contributed by atoms with van der Waals surface area (Å²) < 4.78 is 0.981. The molecule has 2 rings (SSSR count). The maximum atomic E-state index is 6.07. The summed E-state index contributed by atoms with van der Waals surface area (Å²) in [5.74, 6) is 0. The van der Waals surface area contributed by atoms with Crippen LogP contribution in [0, 0.1) is 0 Å². The quantitative estimate of drug-likeness (QED) is 0.801. The maximum Gasteiger partial charge on any atom is 0.0545 e. The van der Waals surface area contributed by atoms with Crippen molar-refractivity contribution in [3.8, 4) is 0 Å². The fraction of sp³-hybridized carbons (Fsp3) is 0. The predicted molar refractivity (Wildman–Crippen MR) is 67.5 cm³/mol. The highest BCUT2D eigenvalue weighted by Crippen LogP contribution is 2.36. The van der Waals surface area contributed by atoms with Gasteiger partial charge in [0.05, 0.1) is 5.02 Å². The van der Waals surface area contributed by atoms with Gasteiger partial charge in [-0.3, -0.25) is 4.98 Å². The van der Waals surface area contributed by atoms with Crippen molar-refractivity contribution in [2.75, 3.05) is 0 Å². The van der Waals surface area contributed by atoms with Gasteiger partial charge in [-0.05, 0) is 34.1 Å². The highest BCUT2D eigenvalue weighted by Gasteiger charge is 2.04. The van der Waals surface area contributed by atoms with E-state index in [9.17, 15) is 0 Å². The third-order valence-corrected chi connectivity index (χ3v) is 4.28. The molecular weight excluding hydrogens is 294 g/mol. The smallest absolute Gasteiger partial charge is 0.0545 e. The molecule has 0 bridgehead atoms. The van der Waals surface area contributed by atoms with E-state index < -0.39 is 0 Å². The van der Waals surface area contributed by atoms with Crippen molar-refractivity contribution < 1.29 is 0 Å². The monoisotopic (exact) mass is 299 g/mol. The highest BCUT2D eigenvalue weighted by atomic mass is 79.9. The largest absolute Gasteiger partial charge is 0.263 e. The lowest BCUT2D eigenvalue weighted by molar-refractivity contribution is 1.23. The van der Waals surface area contributed by atoms with Gasteiger partial charge in [-0.15, -0.1) is 0 Å². The van der Waals surface area contributed by atoms with Gasteiger partial charge in [-0.2, -0.15) is 0 Å². The first-order valence-corrected chi connectivity index (χ1v) is 6.28. The number of rotatable bonds is 2. The Morgan fingerprint density at radius 2 is 1.93 bits per heavy atom. The Balaban J connectivity index is 2.30. The first-order valence-electron chi connectivity index (χ1n) is 4.29. The van der Waals surface area contributed by atoms with Crippen LogP contribution in [0.3, 0.4) is 0 Å². The zero-order chi connectivity index (χ0) is 10.7. The lowest BCUT2D eigenvalue weighted by Crippen LogP contribution is -1.78. The Bertz CT molecular complexity index is 432. The zero-order valence-corrected chi connectivity index (χ0v) is 10.8. The van der Waals surface area contributed by atoms with Crippen molar-refractivity contribution >= 4 is 39.3 Å². The van der Waals surface area contributed by atoms with Gasteiger partial charge in [-0.1, -0.05) is 35.5 Å². The summed E-state index contributed by atoms with van der Waals surface area (Å²) in [5.41, 5.74) is 0. The maximum absolute atomic E-state index is 6.07. The van der Waals surface area contributed by atoms with Crippen LogP contribution in [0.5, 0.6) is 0 Å². The van der Waals surface area contributed by atoms with Gasteiger partial charge in [-0.25, -0.2) is 0 Å². The first-order chi connectivity index (χ1) is 7.27. The number of aromatic nitrogens is 1. The third kappa shape index (κ3) is 2.74. The minimum atomic E-state index is 0.770. The molecule has 0 atom stereocenters. The third-order valence-electron chi connectivity index (χ3n) is 1.79. The van der Waals surface area contributed by atoms with Gasteiger partial charge in [0.25, 0.3) is 0 Å². The van der Waals surface area contributed by atoms with Crippen LogP contribution in [0.25, 0.3) is 0 Å². The van der Waals surface area contributed by atoms with Crippen LogP contribution in [-0.2, 0) is 0 Å². The molecule has 0 fully saturated rings. The van der Waals surface area contributed by atoms with Crippen molar-refractivity contribution in [1.29, 1.82) is 0 Å². The fourth-order valence-corrected chi connectivity index (χ4v) is 2.66. The normalized spacial score (nSPS) is 10.3. The average molecular weight is 301 g/mol. The van der Waals surface area contributed by atoms with Crippen LogP contribution < -0.4 is 0 Å². The van der Waals surface area contributed by atoms with Gasteiger partial charge in [0.15, 0.2) is 0 Å². The summed E-state index contributed by atoms with van der Waals surface area (Å²) in [5, 5.41) is 0.770. The summed E-state index contributed by atoms with van der Waals surface area (Å²) in [4.78, 5) is 6.17. The van der Waals surface area contributed by atoms with Crippen molar-refractivity contribution in [1.82, 2.24) is 4.98 Å². The molecule has 0 spiro atoms. The molecule has 0 aliphatic heterocycles. The van der Waals surface area contributed by atoms with E-state index in [2.05, 4.69) is 20.9 Å². The second-order valence-corrected chi connectivity index (χ2v) is 5.18. The van der Waals surface area contributed by atoms with Crippen molar-refractivity contribution in [2.45, 2.75) is 9.79 Å². The molecule has 0 radical (unpaired) electrons. The van der Waals surface area contributed by atoms with Crippen LogP contribution in [0.2, 0.25) is 5.02 Å². The molecule has 0 amide bonds. The second-order valence-electron chi connectivity index (χ2n) is 2.84. The minimum Gasteiger partial charge on any atom is -0.263 e. The van der Waals surface area contributed by atoms with E-state index in [1.807, 2.05) is 30.3 Å². The van der Waals surface area contributed by atoms with Gasteiger partial charge >= 0.3 is 0 Å². The molecule has 0 unspecified atom stereocenters. The van der Waals surface area contributed by atoms with Crippen LogP contribution in [-0.4, -0.2) is 4.98 Å². The molecule has 76 valence electrons. The number of nitrogens with zero attached hydrogens (tertiary/aromatic N) is 1. The van der Waals surface area contributed by atoms with Crippen molar-refractivity contribution in [3.63, 3.8) is 0 Å². The van der Waals surface area contributed by atoms with Crippen LogP contribution in [0.4, 0.5) is 0 Å². The molecule has 0 saturated heterocycles. The molecule has 1 aromatic carbocycles. The Labute approximate surface area is 106 Å². The van der Waals surface area contributed by atoms with E-state index in [0.717, 1.165) is 19.3 Å². The molecule has 2 aromatic rings. The van der Waals surface area contributed by atoms with Gasteiger partial charge in [0, 0.05) is 26.7 Å². The van der Waals surface area contributed by atoms with E-state index in [1.54, 1.807) is 24.2 Å². The molecule has 0 aliphatic rings. The average Bonchev–Trinajstić information content (AvgIpc) is 2.24. The fourth-order valence-electron chi connectivity index (χ4n) is 1.09. The molecular formula is C11H7BrClNS. The molecule has 0 saturated carbocycles. The molecule has 4 heteroatoms. The van der Waals surface area contributed by atoms with Gasteiger partial charge in [0.2, 0.25) is 0 Å². The summed E-state index contributed by atoms with van der Waals surface area (Å²) in [6.45, 7) is 0. The van der Waals surface area contributed by atoms with Crippen LogP contribution in [0.15, 0.2) is 57.0 Å². The van der Waals surface area contributed by atoms with Crippen LogP contribution in [0.1, 0.15) is 0 Å². The number of hydrogen-bond acceptors (Lipinski definition) is 2. The number of halogens is 2. The number of hydrogen-bond donors (Lipinski definition) is 0. The Hall–Kier alpha value is -0.510. The minimum absolute atomic E-state index is 0.770. The Morgan fingerprint density at radius 1 is 1.13 bits per heavy atom. The summed E-state index contributed by atoms with van der Waals surface area (Å²) in [6.07, 6.45) is 3.54.